The molecule has 0 bridgehead atoms. The van der Waals surface area contributed by atoms with E-state index in [1.807, 2.05) is 13.0 Å². The molecule has 2 aromatic carbocycles. The maximum Gasteiger partial charge on any atom is 0.175 e. The van der Waals surface area contributed by atoms with E-state index < -0.39 is 0 Å². The van der Waals surface area contributed by atoms with Gasteiger partial charge < -0.3 is 14.8 Å². The first-order chi connectivity index (χ1) is 13.5. The van der Waals surface area contributed by atoms with E-state index >= 15 is 0 Å². The van der Waals surface area contributed by atoms with Crippen LogP contribution in [0, 0.1) is 11.2 Å². The molecule has 0 atom stereocenters. The molecule has 0 heterocycles. The third-order valence-electron chi connectivity index (χ3n) is 4.41. The Hall–Kier alpha value is -1.30. The number of hydrogen-bond acceptors (Lipinski definition) is 3. The summed E-state index contributed by atoms with van der Waals surface area (Å²) in [7, 11) is 0. The zero-order valence-electron chi connectivity index (χ0n) is 18.8. The number of nitrogens with one attached hydrogen (secondary N) is 1. The normalized spacial score (nSPS) is 11.7. The maximum atomic E-state index is 13.1. The van der Waals surface area contributed by atoms with Gasteiger partial charge in [0.15, 0.2) is 11.5 Å². The summed E-state index contributed by atoms with van der Waals surface area (Å²) in [6.07, 6.45) is 1.07. The minimum Gasteiger partial charge on any atom is -0.490 e. The van der Waals surface area contributed by atoms with Crippen LogP contribution in [-0.2, 0) is 13.2 Å². The second-order valence-electron chi connectivity index (χ2n) is 9.23. The zero-order valence-corrected chi connectivity index (χ0v) is 21.2. The van der Waals surface area contributed by atoms with Gasteiger partial charge in [-0.2, -0.15) is 0 Å². The van der Waals surface area contributed by atoms with Crippen molar-refractivity contribution < 1.29 is 13.9 Å². The predicted octanol–water partition coefficient (Wildman–Crippen LogP) is 7.29. The Morgan fingerprint density at radius 3 is 2.17 bits per heavy atom. The Bertz CT molecular complexity index is 804. The molecule has 2 aromatic rings. The van der Waals surface area contributed by atoms with Crippen LogP contribution in [0.1, 0.15) is 59.1 Å². The van der Waals surface area contributed by atoms with Gasteiger partial charge in [-0.1, -0.05) is 32.9 Å². The molecule has 2 rings (SSSR count). The first-order valence-electron chi connectivity index (χ1n) is 10.1. The first-order valence-corrected chi connectivity index (χ1v) is 10.9. The van der Waals surface area contributed by atoms with Crippen LogP contribution in [0.5, 0.6) is 11.5 Å². The summed E-state index contributed by atoms with van der Waals surface area (Å²) in [5.41, 5.74) is 2.30. The Balaban J connectivity index is 0.00000450. The van der Waals surface area contributed by atoms with Crippen molar-refractivity contribution in [2.75, 3.05) is 6.61 Å². The number of halogens is 3. The number of hydrogen-bond donors (Lipinski definition) is 1. The average Bonchev–Trinajstić information content (AvgIpc) is 2.59. The Labute approximate surface area is 195 Å². The highest BCUT2D eigenvalue weighted by Gasteiger charge is 2.25. The fraction of sp³-hybridized carbons (Fsp3) is 0.500. The van der Waals surface area contributed by atoms with Gasteiger partial charge in [0, 0.05) is 12.1 Å². The van der Waals surface area contributed by atoms with Crippen molar-refractivity contribution in [2.45, 2.75) is 66.7 Å². The zero-order chi connectivity index (χ0) is 21.7. The summed E-state index contributed by atoms with van der Waals surface area (Å²) in [5, 5.41) is 3.66. The van der Waals surface area contributed by atoms with E-state index in [-0.39, 0.29) is 29.2 Å². The van der Waals surface area contributed by atoms with Crippen LogP contribution in [0.25, 0.3) is 0 Å². The molecule has 0 saturated heterocycles. The highest BCUT2D eigenvalue weighted by Crippen LogP contribution is 2.38. The summed E-state index contributed by atoms with van der Waals surface area (Å²) >= 11 is 3.63. The molecule has 0 aliphatic rings. The van der Waals surface area contributed by atoms with Crippen molar-refractivity contribution in [3.63, 3.8) is 0 Å². The maximum absolute atomic E-state index is 13.1. The second kappa shape index (κ2) is 11.4. The molecule has 1 N–H and O–H groups in total. The van der Waals surface area contributed by atoms with Crippen LogP contribution < -0.4 is 14.8 Å². The molecule has 0 radical (unpaired) electrons. The fourth-order valence-electron chi connectivity index (χ4n) is 3.59. The lowest BCUT2D eigenvalue weighted by Gasteiger charge is -2.33. The van der Waals surface area contributed by atoms with Crippen molar-refractivity contribution in [1.29, 1.82) is 0 Å². The van der Waals surface area contributed by atoms with Crippen LogP contribution in [0.15, 0.2) is 40.9 Å². The molecule has 0 aliphatic carbocycles. The van der Waals surface area contributed by atoms with Gasteiger partial charge in [0.05, 0.1) is 11.1 Å². The lowest BCUT2D eigenvalue weighted by molar-refractivity contribution is 0.240. The summed E-state index contributed by atoms with van der Waals surface area (Å²) in [5.74, 6) is 1.11. The molecule has 0 spiro atoms. The van der Waals surface area contributed by atoms with Gasteiger partial charge in [-0.15, -0.1) is 12.4 Å². The lowest BCUT2D eigenvalue weighted by Crippen LogP contribution is -2.41. The van der Waals surface area contributed by atoms with Crippen molar-refractivity contribution in [1.82, 2.24) is 5.32 Å². The van der Waals surface area contributed by atoms with E-state index in [1.165, 1.54) is 12.1 Å². The summed E-state index contributed by atoms with van der Waals surface area (Å²) in [4.78, 5) is 0. The summed E-state index contributed by atoms with van der Waals surface area (Å²) < 4.78 is 25.8. The Kier molecular flexibility index (Phi) is 10.1. The molecule has 30 heavy (non-hydrogen) atoms. The third kappa shape index (κ3) is 8.83. The quantitative estimate of drug-likeness (QED) is 0.390. The Morgan fingerprint density at radius 1 is 0.967 bits per heavy atom. The van der Waals surface area contributed by atoms with Crippen LogP contribution in [0.3, 0.4) is 0 Å². The predicted molar refractivity (Wildman–Crippen MR) is 128 cm³/mol. The minimum absolute atomic E-state index is 0. The number of rotatable bonds is 9. The van der Waals surface area contributed by atoms with E-state index in [9.17, 15) is 4.39 Å². The molecule has 0 fully saturated rings. The molecular weight excluding hydrogens is 469 g/mol. The van der Waals surface area contributed by atoms with Gasteiger partial charge in [0.2, 0.25) is 0 Å². The molecule has 3 nitrogen and oxygen atoms in total. The average molecular weight is 503 g/mol. The summed E-state index contributed by atoms with van der Waals surface area (Å²) in [6.45, 7) is 14.8. The molecule has 0 unspecified atom stereocenters. The molecule has 0 aliphatic heterocycles. The largest absolute Gasteiger partial charge is 0.490 e. The lowest BCUT2D eigenvalue weighted by atomic mass is 9.82. The van der Waals surface area contributed by atoms with Crippen LogP contribution in [0.2, 0.25) is 0 Å². The van der Waals surface area contributed by atoms with Gasteiger partial charge in [-0.25, -0.2) is 4.39 Å². The van der Waals surface area contributed by atoms with E-state index in [0.717, 1.165) is 28.6 Å². The van der Waals surface area contributed by atoms with Crippen molar-refractivity contribution >= 4 is 28.3 Å². The van der Waals surface area contributed by atoms with E-state index in [0.29, 0.717) is 24.7 Å². The fourth-order valence-corrected chi connectivity index (χ4v) is 4.20. The van der Waals surface area contributed by atoms with E-state index in [4.69, 9.17) is 9.47 Å². The van der Waals surface area contributed by atoms with Gasteiger partial charge in [-0.3, -0.25) is 0 Å². The van der Waals surface area contributed by atoms with Gasteiger partial charge in [-0.05, 0) is 83.9 Å². The second-order valence-corrected chi connectivity index (χ2v) is 10.1. The van der Waals surface area contributed by atoms with Crippen molar-refractivity contribution in [3.8, 4) is 11.5 Å². The van der Waals surface area contributed by atoms with E-state index in [1.54, 1.807) is 12.1 Å². The standard InChI is InChI=1S/C24H33BrFNO2.ClH/c1-7-28-21-13-18(14-27-24(5,6)16-23(2,3)4)12-20(25)22(21)29-15-17-8-10-19(26)11-9-17;/h8-13,27H,7,14-16H2,1-6H3;1H. The number of ether oxygens (including phenoxy) is 2. The third-order valence-corrected chi connectivity index (χ3v) is 5.00. The molecule has 0 saturated carbocycles. The van der Waals surface area contributed by atoms with Crippen molar-refractivity contribution in [2.24, 2.45) is 5.41 Å². The topological polar surface area (TPSA) is 30.5 Å². The van der Waals surface area contributed by atoms with Gasteiger partial charge in [0.25, 0.3) is 0 Å². The monoisotopic (exact) mass is 501 g/mol. The molecular formula is C24H34BrClFNO2. The first kappa shape index (κ1) is 26.7. The molecule has 0 amide bonds. The van der Waals surface area contributed by atoms with Crippen molar-refractivity contribution in [3.05, 3.63) is 57.8 Å². The van der Waals surface area contributed by atoms with E-state index in [2.05, 4.69) is 61.9 Å². The smallest absolute Gasteiger partial charge is 0.175 e. The minimum atomic E-state index is -0.254. The van der Waals surface area contributed by atoms with Gasteiger partial charge >= 0.3 is 0 Å². The highest BCUT2D eigenvalue weighted by atomic mass is 79.9. The van der Waals surface area contributed by atoms with Crippen LogP contribution in [-0.4, -0.2) is 12.1 Å². The highest BCUT2D eigenvalue weighted by molar-refractivity contribution is 9.10. The molecule has 0 aromatic heterocycles. The SMILES string of the molecule is CCOc1cc(CNC(C)(C)CC(C)(C)C)cc(Br)c1OCc1ccc(F)cc1.Cl. The molecule has 6 heteroatoms. The molecule has 168 valence electrons. The summed E-state index contributed by atoms with van der Waals surface area (Å²) in [6, 6.07) is 10.4. The van der Waals surface area contributed by atoms with Crippen LogP contribution in [0.4, 0.5) is 4.39 Å². The van der Waals surface area contributed by atoms with Gasteiger partial charge in [0.1, 0.15) is 12.4 Å². The number of benzene rings is 2. The Morgan fingerprint density at radius 2 is 1.60 bits per heavy atom. The van der Waals surface area contributed by atoms with Crippen LogP contribution >= 0.6 is 28.3 Å².